The Bertz CT molecular complexity index is 434. The van der Waals surface area contributed by atoms with Crippen molar-refractivity contribution in [3.63, 3.8) is 0 Å². The molecule has 0 saturated heterocycles. The summed E-state index contributed by atoms with van der Waals surface area (Å²) in [4.78, 5) is 3.11. The molecule has 74 valence electrons. The number of aromatic nitrogens is 1. The zero-order valence-electron chi connectivity index (χ0n) is 8.08. The summed E-state index contributed by atoms with van der Waals surface area (Å²) in [6.07, 6.45) is 0. The van der Waals surface area contributed by atoms with Crippen molar-refractivity contribution >= 4 is 10.9 Å². The third kappa shape index (κ3) is 1.59. The first-order valence-electron chi connectivity index (χ1n) is 4.69. The monoisotopic (exact) mass is 191 g/mol. The Balaban J connectivity index is 2.43. The van der Waals surface area contributed by atoms with E-state index >= 15 is 0 Å². The molecule has 3 heteroatoms. The lowest BCUT2D eigenvalue weighted by atomic mass is 10.2. The largest absolute Gasteiger partial charge is 0.494 e. The Kier molecular flexibility index (Phi) is 2.41. The Morgan fingerprint density at radius 3 is 2.93 bits per heavy atom. The molecule has 0 amide bonds. The fraction of sp³-hybridized carbons (Fsp3) is 0.273. The van der Waals surface area contributed by atoms with Gasteiger partial charge >= 0.3 is 0 Å². The smallest absolute Gasteiger partial charge is 0.121 e. The molecule has 0 fully saturated rings. The van der Waals surface area contributed by atoms with Gasteiger partial charge in [-0.1, -0.05) is 0 Å². The van der Waals surface area contributed by atoms with Gasteiger partial charge in [0.15, 0.2) is 0 Å². The molecule has 2 N–H and O–H groups in total. The molecule has 0 unspecified atom stereocenters. The van der Waals surface area contributed by atoms with Gasteiger partial charge in [-0.2, -0.15) is 0 Å². The Labute approximate surface area is 82.3 Å². The van der Waals surface area contributed by atoms with Gasteiger partial charge in [0.2, 0.25) is 0 Å². The van der Waals surface area contributed by atoms with Crippen molar-refractivity contribution in [1.29, 1.82) is 0 Å². The number of ether oxygens (including phenoxy) is 1. The van der Waals surface area contributed by atoms with Crippen molar-refractivity contribution in [2.24, 2.45) is 0 Å². The second kappa shape index (κ2) is 3.72. The number of hydrogen-bond donors (Lipinski definition) is 2. The fourth-order valence-electron chi connectivity index (χ4n) is 1.51. The lowest BCUT2D eigenvalue weighted by Crippen LogP contribution is -1.90. The Hall–Kier alpha value is -1.48. The van der Waals surface area contributed by atoms with Crippen molar-refractivity contribution in [3.05, 3.63) is 30.0 Å². The second-order valence-corrected chi connectivity index (χ2v) is 3.13. The van der Waals surface area contributed by atoms with Crippen LogP contribution < -0.4 is 4.74 Å². The number of fused-ring (bicyclic) bond motifs is 1. The number of rotatable bonds is 3. The lowest BCUT2D eigenvalue weighted by molar-refractivity contribution is 0.278. The molecule has 0 atom stereocenters. The molecule has 14 heavy (non-hydrogen) atoms. The Morgan fingerprint density at radius 2 is 2.21 bits per heavy atom. The summed E-state index contributed by atoms with van der Waals surface area (Å²) in [5.74, 6) is 0.853. The molecule has 0 aliphatic heterocycles. The summed E-state index contributed by atoms with van der Waals surface area (Å²) in [7, 11) is 0. The van der Waals surface area contributed by atoms with Gasteiger partial charge in [-0.3, -0.25) is 0 Å². The predicted octanol–water partition coefficient (Wildman–Crippen LogP) is 2.06. The third-order valence-corrected chi connectivity index (χ3v) is 2.13. The average molecular weight is 191 g/mol. The zero-order chi connectivity index (χ0) is 9.97. The summed E-state index contributed by atoms with van der Waals surface area (Å²) < 4.78 is 5.37. The maximum atomic E-state index is 8.95. The molecule has 3 nitrogen and oxygen atoms in total. The van der Waals surface area contributed by atoms with Crippen LogP contribution in [-0.4, -0.2) is 16.7 Å². The SMILES string of the molecule is CCOc1ccc2cc(CO)[nH]c2c1. The molecule has 0 saturated carbocycles. The summed E-state index contributed by atoms with van der Waals surface area (Å²) in [5, 5.41) is 10.0. The molecule has 2 aromatic rings. The van der Waals surface area contributed by atoms with Gasteiger partial charge < -0.3 is 14.8 Å². The van der Waals surface area contributed by atoms with Crippen LogP contribution in [-0.2, 0) is 6.61 Å². The van der Waals surface area contributed by atoms with E-state index < -0.39 is 0 Å². The molecule has 0 radical (unpaired) electrons. The Morgan fingerprint density at radius 1 is 1.36 bits per heavy atom. The van der Waals surface area contributed by atoms with Gasteiger partial charge in [0.1, 0.15) is 5.75 Å². The molecular formula is C11H13NO2. The predicted molar refractivity (Wildman–Crippen MR) is 55.4 cm³/mol. The van der Waals surface area contributed by atoms with Crippen LogP contribution in [0.2, 0.25) is 0 Å². The highest BCUT2D eigenvalue weighted by atomic mass is 16.5. The number of aliphatic hydroxyl groups is 1. The standard InChI is InChI=1S/C11H13NO2/c1-2-14-10-4-3-8-5-9(7-13)12-11(8)6-10/h3-6,12-13H,2,7H2,1H3. The van der Waals surface area contributed by atoms with Crippen LogP contribution in [0.3, 0.4) is 0 Å². The van der Waals surface area contributed by atoms with Gasteiger partial charge in [-0.25, -0.2) is 0 Å². The quantitative estimate of drug-likeness (QED) is 0.780. The lowest BCUT2D eigenvalue weighted by Gasteiger charge is -2.01. The number of aliphatic hydroxyl groups excluding tert-OH is 1. The molecule has 0 aliphatic carbocycles. The maximum absolute atomic E-state index is 8.95. The highest BCUT2D eigenvalue weighted by molar-refractivity contribution is 5.81. The first-order chi connectivity index (χ1) is 6.83. The van der Waals surface area contributed by atoms with Crippen molar-refractivity contribution < 1.29 is 9.84 Å². The van der Waals surface area contributed by atoms with Crippen LogP contribution in [0, 0.1) is 0 Å². The van der Waals surface area contributed by atoms with Crippen LogP contribution in [0.25, 0.3) is 10.9 Å². The highest BCUT2D eigenvalue weighted by Crippen LogP contribution is 2.21. The van der Waals surface area contributed by atoms with E-state index in [9.17, 15) is 0 Å². The molecule has 1 aromatic carbocycles. The van der Waals surface area contributed by atoms with Crippen molar-refractivity contribution in [3.8, 4) is 5.75 Å². The van der Waals surface area contributed by atoms with Crippen LogP contribution in [0.1, 0.15) is 12.6 Å². The zero-order valence-corrected chi connectivity index (χ0v) is 8.08. The molecule has 0 bridgehead atoms. The van der Waals surface area contributed by atoms with E-state index in [1.165, 1.54) is 0 Å². The van der Waals surface area contributed by atoms with E-state index in [1.54, 1.807) is 0 Å². The number of benzene rings is 1. The minimum Gasteiger partial charge on any atom is -0.494 e. The van der Waals surface area contributed by atoms with Gasteiger partial charge in [0.05, 0.1) is 13.2 Å². The number of hydrogen-bond acceptors (Lipinski definition) is 2. The topological polar surface area (TPSA) is 45.2 Å². The van der Waals surface area contributed by atoms with Crippen molar-refractivity contribution in [2.45, 2.75) is 13.5 Å². The number of nitrogens with one attached hydrogen (secondary N) is 1. The third-order valence-electron chi connectivity index (χ3n) is 2.13. The first kappa shape index (κ1) is 9.09. The molecule has 1 heterocycles. The van der Waals surface area contributed by atoms with Crippen LogP contribution in [0.5, 0.6) is 5.75 Å². The molecule has 1 aromatic heterocycles. The van der Waals surface area contributed by atoms with Gasteiger partial charge in [0.25, 0.3) is 0 Å². The van der Waals surface area contributed by atoms with Gasteiger partial charge in [-0.05, 0) is 25.1 Å². The summed E-state index contributed by atoms with van der Waals surface area (Å²) in [6.45, 7) is 2.66. The average Bonchev–Trinajstić information content (AvgIpc) is 2.60. The van der Waals surface area contributed by atoms with Gasteiger partial charge in [-0.15, -0.1) is 0 Å². The van der Waals surface area contributed by atoms with E-state index in [1.807, 2.05) is 31.2 Å². The first-order valence-corrected chi connectivity index (χ1v) is 4.69. The van der Waals surface area contributed by atoms with E-state index in [-0.39, 0.29) is 6.61 Å². The van der Waals surface area contributed by atoms with Gasteiger partial charge in [0, 0.05) is 22.7 Å². The minimum atomic E-state index is 0.0403. The van der Waals surface area contributed by atoms with E-state index in [2.05, 4.69) is 4.98 Å². The van der Waals surface area contributed by atoms with E-state index in [4.69, 9.17) is 9.84 Å². The molecule has 2 rings (SSSR count). The molecule has 0 aliphatic rings. The van der Waals surface area contributed by atoms with Crippen molar-refractivity contribution in [1.82, 2.24) is 4.98 Å². The second-order valence-electron chi connectivity index (χ2n) is 3.13. The minimum absolute atomic E-state index is 0.0403. The summed E-state index contributed by atoms with van der Waals surface area (Å²) in [6, 6.07) is 7.79. The number of aromatic amines is 1. The summed E-state index contributed by atoms with van der Waals surface area (Å²) >= 11 is 0. The van der Waals surface area contributed by atoms with E-state index in [0.717, 1.165) is 22.3 Å². The molecule has 0 spiro atoms. The maximum Gasteiger partial charge on any atom is 0.121 e. The highest BCUT2D eigenvalue weighted by Gasteiger charge is 2.00. The summed E-state index contributed by atoms with van der Waals surface area (Å²) in [5.41, 5.74) is 1.83. The molecular weight excluding hydrogens is 178 g/mol. The van der Waals surface area contributed by atoms with E-state index in [0.29, 0.717) is 6.61 Å². The van der Waals surface area contributed by atoms with Crippen LogP contribution in [0.15, 0.2) is 24.3 Å². The van der Waals surface area contributed by atoms with Crippen LogP contribution >= 0.6 is 0 Å². The van der Waals surface area contributed by atoms with Crippen LogP contribution in [0.4, 0.5) is 0 Å². The number of H-pyrrole nitrogens is 1. The van der Waals surface area contributed by atoms with Crippen molar-refractivity contribution in [2.75, 3.05) is 6.61 Å². The normalized spacial score (nSPS) is 10.7. The fourth-order valence-corrected chi connectivity index (χ4v) is 1.51.